The van der Waals surface area contributed by atoms with Crippen LogP contribution >= 0.6 is 11.3 Å². The van der Waals surface area contributed by atoms with Crippen LogP contribution in [0.3, 0.4) is 0 Å². The van der Waals surface area contributed by atoms with E-state index in [1.807, 2.05) is 17.5 Å². The number of thiazole rings is 1. The average molecular weight is 227 g/mol. The van der Waals surface area contributed by atoms with Crippen LogP contribution in [0.25, 0.3) is 11.3 Å². The molecule has 1 fully saturated rings. The molecular formula is C12H9N3S. The SMILES string of the molecule is N#CC1(c2nc(-c3cccnc3)cs2)CC1. The summed E-state index contributed by atoms with van der Waals surface area (Å²) in [6.45, 7) is 0. The van der Waals surface area contributed by atoms with E-state index in [0.29, 0.717) is 0 Å². The number of nitriles is 1. The maximum Gasteiger partial charge on any atom is 0.114 e. The number of rotatable bonds is 2. The second-order valence-corrected chi connectivity index (χ2v) is 4.83. The third kappa shape index (κ3) is 1.41. The van der Waals surface area contributed by atoms with E-state index in [0.717, 1.165) is 29.1 Å². The molecule has 0 saturated heterocycles. The predicted molar refractivity (Wildman–Crippen MR) is 61.9 cm³/mol. The third-order valence-electron chi connectivity index (χ3n) is 2.83. The van der Waals surface area contributed by atoms with Crippen molar-refractivity contribution in [1.29, 1.82) is 5.26 Å². The summed E-state index contributed by atoms with van der Waals surface area (Å²) < 4.78 is 0. The summed E-state index contributed by atoms with van der Waals surface area (Å²) in [6, 6.07) is 6.24. The number of aromatic nitrogens is 2. The van der Waals surface area contributed by atoms with Crippen molar-refractivity contribution in [2.75, 3.05) is 0 Å². The normalized spacial score (nSPS) is 16.7. The molecule has 1 aliphatic rings. The Kier molecular flexibility index (Phi) is 2.01. The number of nitrogens with zero attached hydrogens (tertiary/aromatic N) is 3. The summed E-state index contributed by atoms with van der Waals surface area (Å²) in [5.41, 5.74) is 1.67. The van der Waals surface area contributed by atoms with Crippen molar-refractivity contribution in [3.63, 3.8) is 0 Å². The highest BCUT2D eigenvalue weighted by Gasteiger charge is 2.47. The van der Waals surface area contributed by atoms with Crippen molar-refractivity contribution in [1.82, 2.24) is 9.97 Å². The Balaban J connectivity index is 1.98. The van der Waals surface area contributed by atoms with Gasteiger partial charge in [0.2, 0.25) is 0 Å². The Hall–Kier alpha value is -1.73. The van der Waals surface area contributed by atoms with Gasteiger partial charge in [-0.3, -0.25) is 4.98 Å². The van der Waals surface area contributed by atoms with Gasteiger partial charge in [-0.1, -0.05) is 0 Å². The minimum atomic E-state index is -0.273. The fraction of sp³-hybridized carbons (Fsp3) is 0.250. The lowest BCUT2D eigenvalue weighted by atomic mass is 10.1. The van der Waals surface area contributed by atoms with Crippen LogP contribution in [0.4, 0.5) is 0 Å². The molecule has 0 atom stereocenters. The second kappa shape index (κ2) is 3.39. The third-order valence-corrected chi connectivity index (χ3v) is 3.88. The van der Waals surface area contributed by atoms with E-state index in [-0.39, 0.29) is 5.41 Å². The van der Waals surface area contributed by atoms with Crippen LogP contribution in [0.1, 0.15) is 17.8 Å². The molecule has 0 radical (unpaired) electrons. The van der Waals surface area contributed by atoms with Crippen LogP contribution in [-0.2, 0) is 5.41 Å². The van der Waals surface area contributed by atoms with E-state index in [2.05, 4.69) is 16.0 Å². The fourth-order valence-electron chi connectivity index (χ4n) is 1.64. The van der Waals surface area contributed by atoms with E-state index in [4.69, 9.17) is 5.26 Å². The van der Waals surface area contributed by atoms with Gasteiger partial charge in [0.25, 0.3) is 0 Å². The molecule has 2 heterocycles. The molecule has 16 heavy (non-hydrogen) atoms. The predicted octanol–water partition coefficient (Wildman–Crippen LogP) is 2.76. The molecule has 0 unspecified atom stereocenters. The molecule has 0 aromatic carbocycles. The van der Waals surface area contributed by atoms with Crippen LogP contribution in [0.15, 0.2) is 29.9 Å². The second-order valence-electron chi connectivity index (χ2n) is 3.97. The molecular weight excluding hydrogens is 218 g/mol. The molecule has 1 aliphatic carbocycles. The fourth-order valence-corrected chi connectivity index (χ4v) is 2.68. The topological polar surface area (TPSA) is 49.6 Å². The van der Waals surface area contributed by atoms with Gasteiger partial charge in [-0.25, -0.2) is 4.98 Å². The first kappa shape index (κ1) is 9.49. The van der Waals surface area contributed by atoms with Crippen molar-refractivity contribution in [2.24, 2.45) is 0 Å². The number of hydrogen-bond acceptors (Lipinski definition) is 4. The van der Waals surface area contributed by atoms with Crippen LogP contribution in [-0.4, -0.2) is 9.97 Å². The standard InChI is InChI=1S/C12H9N3S/c13-8-12(3-4-12)11-15-10(7-16-11)9-2-1-5-14-6-9/h1-2,5-7H,3-4H2. The molecule has 0 bridgehead atoms. The molecule has 2 aromatic heterocycles. The largest absolute Gasteiger partial charge is 0.264 e. The Morgan fingerprint density at radius 1 is 1.44 bits per heavy atom. The zero-order chi connectivity index (χ0) is 11.0. The maximum absolute atomic E-state index is 9.09. The van der Waals surface area contributed by atoms with Crippen LogP contribution in [0.2, 0.25) is 0 Å². The zero-order valence-corrected chi connectivity index (χ0v) is 9.37. The van der Waals surface area contributed by atoms with E-state index >= 15 is 0 Å². The van der Waals surface area contributed by atoms with Gasteiger partial charge in [-0.15, -0.1) is 11.3 Å². The van der Waals surface area contributed by atoms with Gasteiger partial charge >= 0.3 is 0 Å². The minimum Gasteiger partial charge on any atom is -0.264 e. The molecule has 3 nitrogen and oxygen atoms in total. The van der Waals surface area contributed by atoms with Crippen LogP contribution in [0, 0.1) is 11.3 Å². The number of hydrogen-bond donors (Lipinski definition) is 0. The van der Waals surface area contributed by atoms with Gasteiger partial charge in [0, 0.05) is 23.3 Å². The summed E-state index contributed by atoms with van der Waals surface area (Å²) in [5, 5.41) is 12.1. The highest BCUT2D eigenvalue weighted by molar-refractivity contribution is 7.10. The molecule has 0 spiro atoms. The molecule has 4 heteroatoms. The lowest BCUT2D eigenvalue weighted by Crippen LogP contribution is -2.01. The highest BCUT2D eigenvalue weighted by atomic mass is 32.1. The Morgan fingerprint density at radius 2 is 2.31 bits per heavy atom. The minimum absolute atomic E-state index is 0.273. The van der Waals surface area contributed by atoms with E-state index < -0.39 is 0 Å². The van der Waals surface area contributed by atoms with Gasteiger partial charge in [0.1, 0.15) is 10.4 Å². The molecule has 0 amide bonds. The quantitative estimate of drug-likeness (QED) is 0.792. The van der Waals surface area contributed by atoms with Crippen molar-refractivity contribution < 1.29 is 0 Å². The average Bonchev–Trinajstić information content (AvgIpc) is 3.00. The maximum atomic E-state index is 9.09. The van der Waals surface area contributed by atoms with Crippen molar-refractivity contribution >= 4 is 11.3 Å². The first-order valence-corrected chi connectivity index (χ1v) is 6.00. The van der Waals surface area contributed by atoms with Crippen LogP contribution in [0.5, 0.6) is 0 Å². The monoisotopic (exact) mass is 227 g/mol. The summed E-state index contributed by atoms with van der Waals surface area (Å²) >= 11 is 1.58. The lowest BCUT2D eigenvalue weighted by Gasteiger charge is -1.98. The van der Waals surface area contributed by atoms with Gasteiger partial charge in [-0.05, 0) is 25.0 Å². The van der Waals surface area contributed by atoms with E-state index in [1.165, 1.54) is 0 Å². The van der Waals surface area contributed by atoms with Crippen LogP contribution < -0.4 is 0 Å². The number of pyridine rings is 1. The highest BCUT2D eigenvalue weighted by Crippen LogP contribution is 2.49. The molecule has 0 N–H and O–H groups in total. The smallest absolute Gasteiger partial charge is 0.114 e. The van der Waals surface area contributed by atoms with Gasteiger partial charge in [0.05, 0.1) is 11.8 Å². The zero-order valence-electron chi connectivity index (χ0n) is 8.55. The molecule has 3 rings (SSSR count). The summed E-state index contributed by atoms with van der Waals surface area (Å²) in [4.78, 5) is 8.61. The van der Waals surface area contributed by atoms with Crippen molar-refractivity contribution in [2.45, 2.75) is 18.3 Å². The molecule has 0 aliphatic heterocycles. The summed E-state index contributed by atoms with van der Waals surface area (Å²) in [5.74, 6) is 0. The lowest BCUT2D eigenvalue weighted by molar-refractivity contribution is 0.891. The van der Waals surface area contributed by atoms with Gasteiger partial charge in [0.15, 0.2) is 0 Å². The summed E-state index contributed by atoms with van der Waals surface area (Å²) in [6.07, 6.45) is 5.44. The Morgan fingerprint density at radius 3 is 2.94 bits per heavy atom. The van der Waals surface area contributed by atoms with Crippen molar-refractivity contribution in [3.05, 3.63) is 34.9 Å². The Labute approximate surface area is 97.4 Å². The molecule has 1 saturated carbocycles. The van der Waals surface area contributed by atoms with E-state index in [9.17, 15) is 0 Å². The first-order chi connectivity index (χ1) is 7.84. The molecule has 78 valence electrons. The van der Waals surface area contributed by atoms with Gasteiger partial charge in [-0.2, -0.15) is 5.26 Å². The molecule has 2 aromatic rings. The first-order valence-electron chi connectivity index (χ1n) is 5.12. The summed E-state index contributed by atoms with van der Waals surface area (Å²) in [7, 11) is 0. The van der Waals surface area contributed by atoms with Crippen molar-refractivity contribution in [3.8, 4) is 17.3 Å². The van der Waals surface area contributed by atoms with Gasteiger partial charge < -0.3 is 0 Å². The van der Waals surface area contributed by atoms with E-state index in [1.54, 1.807) is 23.7 Å². The Bertz CT molecular complexity index is 549.